The zero-order valence-corrected chi connectivity index (χ0v) is 19.2. The molecule has 160 valence electrons. The minimum Gasteiger partial charge on any atom is -0.497 e. The number of hydrogen-bond donors (Lipinski definition) is 1. The number of thioether (sulfide) groups is 1. The summed E-state index contributed by atoms with van der Waals surface area (Å²) < 4.78 is 7.25. The van der Waals surface area contributed by atoms with Crippen LogP contribution in [-0.2, 0) is 4.79 Å². The van der Waals surface area contributed by atoms with Gasteiger partial charge in [0.15, 0.2) is 10.8 Å². The molecule has 0 aliphatic heterocycles. The molecule has 1 amide bonds. The number of aryl methyl sites for hydroxylation is 3. The van der Waals surface area contributed by atoms with Crippen molar-refractivity contribution in [2.24, 2.45) is 0 Å². The number of aromatic nitrogens is 3. The molecule has 4 aromatic rings. The summed E-state index contributed by atoms with van der Waals surface area (Å²) in [6.45, 7) is 8.32. The van der Waals surface area contributed by atoms with Crippen LogP contribution in [0.4, 0.5) is 5.69 Å². The minimum atomic E-state index is -0.295. The second kappa shape index (κ2) is 8.59. The van der Waals surface area contributed by atoms with Crippen LogP contribution in [0, 0.1) is 20.8 Å². The average Bonchev–Trinajstić information content (AvgIpc) is 3.14. The van der Waals surface area contributed by atoms with E-state index in [1.54, 1.807) is 7.11 Å². The number of rotatable bonds is 6. The molecule has 0 saturated carbocycles. The number of nitrogens with one attached hydrogen (secondary N) is 1. The Labute approximate surface area is 186 Å². The summed E-state index contributed by atoms with van der Waals surface area (Å²) in [6.07, 6.45) is 0.670. The molecule has 0 aliphatic rings. The predicted octanol–water partition coefficient (Wildman–Crippen LogP) is 5.33. The monoisotopic (exact) mass is 434 g/mol. The van der Waals surface area contributed by atoms with Crippen molar-refractivity contribution >= 4 is 39.9 Å². The number of nitrogens with zero attached hydrogens (tertiary/aromatic N) is 3. The van der Waals surface area contributed by atoms with Crippen molar-refractivity contribution in [3.05, 3.63) is 59.2 Å². The largest absolute Gasteiger partial charge is 0.497 e. The molecular formula is C24H26N4O2S. The molecule has 1 atom stereocenters. The van der Waals surface area contributed by atoms with Gasteiger partial charge in [-0.3, -0.25) is 9.20 Å². The molecule has 1 N–H and O–H groups in total. The van der Waals surface area contributed by atoms with E-state index in [4.69, 9.17) is 4.74 Å². The topological polar surface area (TPSA) is 68.5 Å². The van der Waals surface area contributed by atoms with Crippen LogP contribution in [-0.4, -0.2) is 32.9 Å². The fourth-order valence-corrected chi connectivity index (χ4v) is 4.80. The van der Waals surface area contributed by atoms with E-state index < -0.39 is 0 Å². The molecule has 0 bridgehead atoms. The highest BCUT2D eigenvalue weighted by molar-refractivity contribution is 8.00. The molecule has 2 aromatic carbocycles. The third-order valence-corrected chi connectivity index (χ3v) is 6.67. The van der Waals surface area contributed by atoms with E-state index in [9.17, 15) is 4.79 Å². The van der Waals surface area contributed by atoms with Crippen molar-refractivity contribution in [3.8, 4) is 5.75 Å². The first-order valence-electron chi connectivity index (χ1n) is 10.3. The van der Waals surface area contributed by atoms with Crippen LogP contribution in [0.2, 0.25) is 0 Å². The highest BCUT2D eigenvalue weighted by Gasteiger charge is 2.22. The van der Waals surface area contributed by atoms with Crippen LogP contribution in [0.15, 0.2) is 47.6 Å². The van der Waals surface area contributed by atoms with Gasteiger partial charge in [0.1, 0.15) is 5.75 Å². The Morgan fingerprint density at radius 2 is 1.84 bits per heavy atom. The van der Waals surface area contributed by atoms with Gasteiger partial charge >= 0.3 is 0 Å². The summed E-state index contributed by atoms with van der Waals surface area (Å²) in [4.78, 5) is 13.0. The summed E-state index contributed by atoms with van der Waals surface area (Å²) in [5, 5.41) is 13.4. The molecular weight excluding hydrogens is 408 g/mol. The molecule has 31 heavy (non-hydrogen) atoms. The van der Waals surface area contributed by atoms with E-state index in [0.717, 1.165) is 27.8 Å². The van der Waals surface area contributed by atoms with Gasteiger partial charge in [-0.2, -0.15) is 0 Å². The predicted molar refractivity (Wildman–Crippen MR) is 126 cm³/mol. The second-order valence-electron chi connectivity index (χ2n) is 7.71. The van der Waals surface area contributed by atoms with Gasteiger partial charge < -0.3 is 10.1 Å². The van der Waals surface area contributed by atoms with Gasteiger partial charge in [0.05, 0.1) is 17.9 Å². The number of hydrogen-bond acceptors (Lipinski definition) is 5. The minimum absolute atomic E-state index is 0.0570. The number of ether oxygens (including phenoxy) is 1. The molecule has 2 heterocycles. The first kappa shape index (κ1) is 21.2. The maximum atomic E-state index is 13.0. The summed E-state index contributed by atoms with van der Waals surface area (Å²) in [5.74, 6) is 0.695. The Balaban J connectivity index is 1.67. The lowest BCUT2D eigenvalue weighted by atomic mass is 10.0. The number of pyridine rings is 1. The van der Waals surface area contributed by atoms with Crippen LogP contribution in [0.3, 0.4) is 0 Å². The SMILES string of the molecule is CCC(Sc1nnc2cc(C)c3cc(C)cc(C)c3n12)C(=O)Nc1ccc(OC)cc1. The van der Waals surface area contributed by atoms with Gasteiger partial charge in [-0.1, -0.05) is 30.3 Å². The van der Waals surface area contributed by atoms with E-state index in [2.05, 4.69) is 58.9 Å². The normalized spacial score (nSPS) is 12.3. The zero-order valence-electron chi connectivity index (χ0n) is 18.4. The number of methoxy groups -OCH3 is 1. The number of benzene rings is 2. The molecule has 6 nitrogen and oxygen atoms in total. The van der Waals surface area contributed by atoms with E-state index in [0.29, 0.717) is 6.42 Å². The smallest absolute Gasteiger partial charge is 0.237 e. The second-order valence-corrected chi connectivity index (χ2v) is 8.88. The van der Waals surface area contributed by atoms with Crippen molar-refractivity contribution in [1.29, 1.82) is 0 Å². The molecule has 0 spiro atoms. The molecule has 0 aliphatic carbocycles. The summed E-state index contributed by atoms with van der Waals surface area (Å²) in [6, 6.07) is 13.7. The maximum Gasteiger partial charge on any atom is 0.237 e. The van der Waals surface area contributed by atoms with Gasteiger partial charge in [0.25, 0.3) is 0 Å². The molecule has 4 rings (SSSR count). The van der Waals surface area contributed by atoms with Gasteiger partial charge in [-0.25, -0.2) is 0 Å². The van der Waals surface area contributed by atoms with Gasteiger partial charge in [-0.05, 0) is 74.7 Å². The number of carbonyl (C=O) groups excluding carboxylic acids is 1. The standard InChI is InChI=1S/C24H26N4O2S/c1-6-20(23(29)25-17-7-9-18(30-5)10-8-17)31-24-27-26-21-13-15(3)19-12-14(2)11-16(4)22(19)28(21)24/h7-13,20H,6H2,1-5H3,(H,25,29). The molecule has 0 saturated heterocycles. The van der Waals surface area contributed by atoms with Crippen molar-refractivity contribution in [2.75, 3.05) is 12.4 Å². The van der Waals surface area contributed by atoms with E-state index in [1.807, 2.05) is 31.2 Å². The highest BCUT2D eigenvalue weighted by atomic mass is 32.2. The molecule has 0 radical (unpaired) electrons. The number of carbonyl (C=O) groups is 1. The van der Waals surface area contributed by atoms with Crippen LogP contribution in [0.1, 0.15) is 30.0 Å². The molecule has 1 unspecified atom stereocenters. The van der Waals surface area contributed by atoms with Crippen molar-refractivity contribution in [1.82, 2.24) is 14.6 Å². The molecule has 2 aromatic heterocycles. The van der Waals surface area contributed by atoms with E-state index in [1.165, 1.54) is 33.8 Å². The quantitative estimate of drug-likeness (QED) is 0.416. The fourth-order valence-electron chi connectivity index (χ4n) is 3.84. The van der Waals surface area contributed by atoms with Crippen LogP contribution >= 0.6 is 11.8 Å². The van der Waals surface area contributed by atoms with E-state index in [-0.39, 0.29) is 11.2 Å². The van der Waals surface area contributed by atoms with Gasteiger partial charge in [0.2, 0.25) is 5.91 Å². The number of amides is 1. The third-order valence-electron chi connectivity index (χ3n) is 5.37. The lowest BCUT2D eigenvalue weighted by Crippen LogP contribution is -2.24. The summed E-state index contributed by atoms with van der Waals surface area (Å²) in [7, 11) is 1.62. The molecule has 7 heteroatoms. The summed E-state index contributed by atoms with van der Waals surface area (Å²) >= 11 is 1.45. The maximum absolute atomic E-state index is 13.0. The highest BCUT2D eigenvalue weighted by Crippen LogP contribution is 2.31. The van der Waals surface area contributed by atoms with Crippen LogP contribution < -0.4 is 10.1 Å². The van der Waals surface area contributed by atoms with Crippen molar-refractivity contribution < 1.29 is 9.53 Å². The number of fused-ring (bicyclic) bond motifs is 3. The molecule has 0 fully saturated rings. The number of anilines is 1. The first-order chi connectivity index (χ1) is 14.9. The van der Waals surface area contributed by atoms with Crippen molar-refractivity contribution in [2.45, 2.75) is 44.5 Å². The fraction of sp³-hybridized carbons (Fsp3) is 0.292. The Kier molecular flexibility index (Phi) is 5.87. The Bertz CT molecular complexity index is 1260. The van der Waals surface area contributed by atoms with E-state index >= 15 is 0 Å². The third kappa shape index (κ3) is 4.10. The zero-order chi connectivity index (χ0) is 22.1. The lowest BCUT2D eigenvalue weighted by Gasteiger charge is -2.15. The first-order valence-corrected chi connectivity index (χ1v) is 11.2. The van der Waals surface area contributed by atoms with Gasteiger partial charge in [0, 0.05) is 11.1 Å². The van der Waals surface area contributed by atoms with Crippen LogP contribution in [0.25, 0.3) is 16.6 Å². The van der Waals surface area contributed by atoms with Gasteiger partial charge in [-0.15, -0.1) is 10.2 Å². The summed E-state index contributed by atoms with van der Waals surface area (Å²) in [5.41, 5.74) is 6.19. The average molecular weight is 435 g/mol. The van der Waals surface area contributed by atoms with Crippen LogP contribution in [0.5, 0.6) is 5.75 Å². The Morgan fingerprint density at radius 3 is 2.52 bits per heavy atom. The van der Waals surface area contributed by atoms with Crippen molar-refractivity contribution in [3.63, 3.8) is 0 Å². The Morgan fingerprint density at radius 1 is 1.10 bits per heavy atom. The Hall–Kier alpha value is -3.06. The lowest BCUT2D eigenvalue weighted by molar-refractivity contribution is -0.115.